The molecule has 1 aromatic carbocycles. The molecule has 0 spiro atoms. The highest BCUT2D eigenvalue weighted by Crippen LogP contribution is 2.38. The summed E-state index contributed by atoms with van der Waals surface area (Å²) in [6.45, 7) is 7.96. The molecule has 1 aliphatic heterocycles. The highest BCUT2D eigenvalue weighted by Gasteiger charge is 2.52. The molecule has 0 aliphatic carbocycles. The van der Waals surface area contributed by atoms with Crippen molar-refractivity contribution in [3.8, 4) is 5.75 Å². The van der Waals surface area contributed by atoms with Gasteiger partial charge < -0.3 is 14.0 Å². The first kappa shape index (κ1) is 15.0. The van der Waals surface area contributed by atoms with Crippen molar-refractivity contribution in [2.75, 3.05) is 7.11 Å². The maximum Gasteiger partial charge on any atom is 0.496 e. The van der Waals surface area contributed by atoms with Crippen molar-refractivity contribution in [2.45, 2.75) is 38.9 Å². The maximum absolute atomic E-state index is 6.24. The Labute approximate surface area is 124 Å². The molecule has 0 N–H and O–H groups in total. The van der Waals surface area contributed by atoms with Crippen LogP contribution in [0.15, 0.2) is 12.1 Å². The standard InChI is InChI=1S/C13H17BCl2O3/c1-12(2)13(3,4)19-14(18-12)9-6-8(17-5)7-10(15)11(9)16/h6-7H,1-5H3. The fourth-order valence-electron chi connectivity index (χ4n) is 1.84. The van der Waals surface area contributed by atoms with Gasteiger partial charge in [0, 0.05) is 11.5 Å². The van der Waals surface area contributed by atoms with Crippen LogP contribution in [0.4, 0.5) is 0 Å². The molecule has 0 bridgehead atoms. The minimum absolute atomic E-state index is 0.420. The van der Waals surface area contributed by atoms with Crippen molar-refractivity contribution in [2.24, 2.45) is 0 Å². The van der Waals surface area contributed by atoms with E-state index in [0.29, 0.717) is 21.3 Å². The van der Waals surface area contributed by atoms with Gasteiger partial charge in [0.25, 0.3) is 0 Å². The van der Waals surface area contributed by atoms with Crippen molar-refractivity contribution in [3.05, 3.63) is 22.2 Å². The third kappa shape index (κ3) is 2.59. The van der Waals surface area contributed by atoms with E-state index in [-0.39, 0.29) is 0 Å². The maximum atomic E-state index is 6.24. The smallest absolute Gasteiger partial charge is 0.496 e. The van der Waals surface area contributed by atoms with Gasteiger partial charge in [0.05, 0.1) is 28.4 Å². The number of hydrogen-bond donors (Lipinski definition) is 0. The number of methoxy groups -OCH3 is 1. The van der Waals surface area contributed by atoms with Crippen molar-refractivity contribution < 1.29 is 14.0 Å². The summed E-state index contributed by atoms with van der Waals surface area (Å²) in [6, 6.07) is 3.45. The monoisotopic (exact) mass is 302 g/mol. The Morgan fingerprint density at radius 2 is 1.58 bits per heavy atom. The van der Waals surface area contributed by atoms with Crippen LogP contribution in [0.2, 0.25) is 10.0 Å². The number of ether oxygens (including phenoxy) is 1. The average Bonchev–Trinajstić information content (AvgIpc) is 2.51. The molecule has 0 atom stereocenters. The predicted octanol–water partition coefficient (Wildman–Crippen LogP) is 3.30. The SMILES string of the molecule is COc1cc(Cl)c(Cl)c(B2OC(C)(C)C(C)(C)O2)c1. The summed E-state index contributed by atoms with van der Waals surface area (Å²) >= 11 is 12.3. The first-order chi connectivity index (χ1) is 8.68. The summed E-state index contributed by atoms with van der Waals surface area (Å²) in [5, 5.41) is 0.853. The van der Waals surface area contributed by atoms with Gasteiger partial charge >= 0.3 is 7.12 Å². The molecule has 0 aromatic heterocycles. The van der Waals surface area contributed by atoms with E-state index in [9.17, 15) is 0 Å². The second-order valence-electron chi connectivity index (χ2n) is 5.60. The van der Waals surface area contributed by atoms with Gasteiger partial charge in [-0.25, -0.2) is 0 Å². The van der Waals surface area contributed by atoms with Crippen LogP contribution >= 0.6 is 23.2 Å². The molecule has 1 fully saturated rings. The van der Waals surface area contributed by atoms with Crippen molar-refractivity contribution in [3.63, 3.8) is 0 Å². The first-order valence-corrected chi connectivity index (χ1v) is 6.82. The zero-order valence-electron chi connectivity index (χ0n) is 11.7. The lowest BCUT2D eigenvalue weighted by atomic mass is 9.79. The molecule has 104 valence electrons. The van der Waals surface area contributed by atoms with Gasteiger partial charge in [-0.2, -0.15) is 0 Å². The van der Waals surface area contributed by atoms with E-state index in [2.05, 4.69) is 0 Å². The highest BCUT2D eigenvalue weighted by molar-refractivity contribution is 6.66. The van der Waals surface area contributed by atoms with Gasteiger partial charge in [-0.3, -0.25) is 0 Å². The summed E-state index contributed by atoms with van der Waals surface area (Å²) < 4.78 is 17.1. The number of rotatable bonds is 2. The second kappa shape index (κ2) is 4.85. The van der Waals surface area contributed by atoms with E-state index in [1.54, 1.807) is 19.2 Å². The Bertz CT molecular complexity index is 487. The third-order valence-corrected chi connectivity index (χ3v) is 4.59. The van der Waals surface area contributed by atoms with E-state index < -0.39 is 18.3 Å². The van der Waals surface area contributed by atoms with E-state index in [4.69, 9.17) is 37.2 Å². The minimum atomic E-state index is -0.551. The van der Waals surface area contributed by atoms with Crippen LogP contribution in [0.25, 0.3) is 0 Å². The van der Waals surface area contributed by atoms with E-state index in [1.807, 2.05) is 27.7 Å². The summed E-state index contributed by atoms with van der Waals surface area (Å²) in [4.78, 5) is 0. The van der Waals surface area contributed by atoms with Crippen LogP contribution in [0.3, 0.4) is 0 Å². The zero-order valence-corrected chi connectivity index (χ0v) is 13.2. The fraction of sp³-hybridized carbons (Fsp3) is 0.538. The molecule has 1 heterocycles. The molecule has 1 saturated heterocycles. The Balaban J connectivity index is 2.42. The van der Waals surface area contributed by atoms with Crippen molar-refractivity contribution in [1.29, 1.82) is 0 Å². The van der Waals surface area contributed by atoms with Crippen molar-refractivity contribution >= 4 is 35.8 Å². The number of hydrogen-bond acceptors (Lipinski definition) is 3. The van der Waals surface area contributed by atoms with Crippen LogP contribution in [0.5, 0.6) is 5.75 Å². The first-order valence-electron chi connectivity index (χ1n) is 6.06. The molecule has 3 nitrogen and oxygen atoms in total. The van der Waals surface area contributed by atoms with Crippen LogP contribution in [-0.4, -0.2) is 25.4 Å². The third-order valence-electron chi connectivity index (χ3n) is 3.77. The van der Waals surface area contributed by atoms with E-state index >= 15 is 0 Å². The van der Waals surface area contributed by atoms with Crippen LogP contribution in [-0.2, 0) is 9.31 Å². The summed E-state index contributed by atoms with van der Waals surface area (Å²) in [7, 11) is 1.03. The van der Waals surface area contributed by atoms with Gasteiger partial charge in [-0.05, 0) is 33.8 Å². The molecule has 1 aliphatic rings. The topological polar surface area (TPSA) is 27.7 Å². The Morgan fingerprint density at radius 3 is 2.05 bits per heavy atom. The van der Waals surface area contributed by atoms with Gasteiger partial charge in [0.1, 0.15) is 5.75 Å². The van der Waals surface area contributed by atoms with Gasteiger partial charge in [0.15, 0.2) is 0 Å². The quantitative estimate of drug-likeness (QED) is 0.785. The Kier molecular flexibility index (Phi) is 3.82. The van der Waals surface area contributed by atoms with Crippen LogP contribution in [0, 0.1) is 0 Å². The highest BCUT2D eigenvalue weighted by atomic mass is 35.5. The van der Waals surface area contributed by atoms with E-state index in [0.717, 1.165) is 0 Å². The van der Waals surface area contributed by atoms with Crippen LogP contribution in [0.1, 0.15) is 27.7 Å². The molecule has 2 rings (SSSR count). The Hall–Kier alpha value is -0.415. The largest absolute Gasteiger partial charge is 0.497 e. The number of halogens is 2. The summed E-state index contributed by atoms with van der Waals surface area (Å²) in [5.41, 5.74) is -0.155. The molecule has 0 radical (unpaired) electrons. The Morgan fingerprint density at radius 1 is 1.05 bits per heavy atom. The lowest BCUT2D eigenvalue weighted by molar-refractivity contribution is 0.00578. The molecular weight excluding hydrogens is 286 g/mol. The lowest BCUT2D eigenvalue weighted by Crippen LogP contribution is -2.41. The van der Waals surface area contributed by atoms with Crippen LogP contribution < -0.4 is 10.2 Å². The predicted molar refractivity (Wildman–Crippen MR) is 78.7 cm³/mol. The van der Waals surface area contributed by atoms with Gasteiger partial charge in [0.2, 0.25) is 0 Å². The molecule has 1 aromatic rings. The molecule has 19 heavy (non-hydrogen) atoms. The molecule has 0 unspecified atom stereocenters. The van der Waals surface area contributed by atoms with Crippen molar-refractivity contribution in [1.82, 2.24) is 0 Å². The number of benzene rings is 1. The normalized spacial score (nSPS) is 20.7. The van der Waals surface area contributed by atoms with E-state index in [1.165, 1.54) is 0 Å². The fourth-order valence-corrected chi connectivity index (χ4v) is 2.26. The zero-order chi connectivity index (χ0) is 14.4. The average molecular weight is 303 g/mol. The molecular formula is C13H17BCl2O3. The van der Waals surface area contributed by atoms with Gasteiger partial charge in [-0.15, -0.1) is 0 Å². The second-order valence-corrected chi connectivity index (χ2v) is 6.39. The molecule has 0 saturated carbocycles. The van der Waals surface area contributed by atoms with Gasteiger partial charge in [-0.1, -0.05) is 23.2 Å². The summed E-state index contributed by atoms with van der Waals surface area (Å²) in [5.74, 6) is 0.624. The summed E-state index contributed by atoms with van der Waals surface area (Å²) in [6.07, 6.45) is 0. The molecule has 0 amide bonds. The molecule has 6 heteroatoms. The lowest BCUT2D eigenvalue weighted by Gasteiger charge is -2.32. The minimum Gasteiger partial charge on any atom is -0.497 e.